The maximum atomic E-state index is 11.8. The van der Waals surface area contributed by atoms with Gasteiger partial charge in [0.05, 0.1) is 12.4 Å². The number of aromatic nitrogens is 2. The van der Waals surface area contributed by atoms with Crippen molar-refractivity contribution < 1.29 is 14.3 Å². The first-order valence-corrected chi connectivity index (χ1v) is 11.3. The fourth-order valence-electron chi connectivity index (χ4n) is 2.96. The second-order valence-electron chi connectivity index (χ2n) is 8.37. The van der Waals surface area contributed by atoms with Crippen LogP contribution in [-0.2, 0) is 16.1 Å². The van der Waals surface area contributed by atoms with Gasteiger partial charge in [-0.1, -0.05) is 24.3 Å². The lowest BCUT2D eigenvalue weighted by Crippen LogP contribution is -2.31. The molecule has 0 atom stereocenters. The lowest BCUT2D eigenvalue weighted by Gasteiger charge is -2.19. The van der Waals surface area contributed by atoms with Crippen molar-refractivity contribution in [1.82, 2.24) is 15.3 Å². The number of carbonyl (C=O) groups excluding carboxylic acids is 1. The topological polar surface area (TPSA) is 85.4 Å². The Morgan fingerprint density at radius 1 is 0.970 bits per heavy atom. The van der Waals surface area contributed by atoms with Crippen LogP contribution in [0.1, 0.15) is 26.3 Å². The van der Waals surface area contributed by atoms with Crippen molar-refractivity contribution in [2.45, 2.75) is 32.9 Å². The summed E-state index contributed by atoms with van der Waals surface area (Å²) < 4.78 is 10.8. The average Bonchev–Trinajstić information content (AvgIpc) is 2.78. The highest BCUT2D eigenvalue weighted by atomic mass is 35.5. The van der Waals surface area contributed by atoms with Crippen LogP contribution in [0.25, 0.3) is 11.1 Å². The number of halogens is 1. The van der Waals surface area contributed by atoms with Gasteiger partial charge in [-0.25, -0.2) is 9.97 Å². The standard InChI is InChI=1S/C25H29ClN4O3/c1-25(2,3)33-23(31)17-27-14-18-4-6-19(7-5-18)20-15-28-24(29-16-20)30-21-8-10-22(11-9-21)32-13-12-26/h4-11,15-16,27H,12-14,17H2,1-3H3,(H,28,29,30). The molecule has 0 amide bonds. The van der Waals surface area contributed by atoms with Gasteiger partial charge in [0.1, 0.15) is 18.0 Å². The molecule has 2 N–H and O–H groups in total. The largest absolute Gasteiger partial charge is 0.492 e. The highest BCUT2D eigenvalue weighted by Crippen LogP contribution is 2.21. The molecule has 0 spiro atoms. The molecular formula is C25H29ClN4O3. The van der Waals surface area contributed by atoms with Gasteiger partial charge in [-0.2, -0.15) is 0 Å². The molecule has 0 saturated heterocycles. The van der Waals surface area contributed by atoms with Crippen LogP contribution >= 0.6 is 11.6 Å². The molecule has 0 aliphatic carbocycles. The molecule has 33 heavy (non-hydrogen) atoms. The number of nitrogens with one attached hydrogen (secondary N) is 2. The van der Waals surface area contributed by atoms with E-state index in [1.807, 2.05) is 69.3 Å². The maximum absolute atomic E-state index is 11.8. The summed E-state index contributed by atoms with van der Waals surface area (Å²) in [6.07, 6.45) is 3.56. The van der Waals surface area contributed by atoms with Gasteiger partial charge >= 0.3 is 5.97 Å². The molecule has 1 heterocycles. The summed E-state index contributed by atoms with van der Waals surface area (Å²) in [7, 11) is 0. The minimum Gasteiger partial charge on any atom is -0.492 e. The third-order valence-corrected chi connectivity index (χ3v) is 4.57. The van der Waals surface area contributed by atoms with E-state index in [9.17, 15) is 4.79 Å². The number of anilines is 2. The van der Waals surface area contributed by atoms with Crippen LogP contribution in [0, 0.1) is 0 Å². The molecule has 2 aromatic carbocycles. The lowest BCUT2D eigenvalue weighted by atomic mass is 10.1. The highest BCUT2D eigenvalue weighted by Gasteiger charge is 2.15. The van der Waals surface area contributed by atoms with Gasteiger partial charge in [0.2, 0.25) is 5.95 Å². The molecule has 0 saturated carbocycles. The summed E-state index contributed by atoms with van der Waals surface area (Å²) in [5.41, 5.74) is 3.39. The molecule has 0 fully saturated rings. The Kier molecular flexibility index (Phi) is 8.63. The van der Waals surface area contributed by atoms with E-state index in [0.717, 1.165) is 28.1 Å². The number of hydrogen-bond donors (Lipinski definition) is 2. The Bertz CT molecular complexity index is 1020. The number of hydrogen-bond acceptors (Lipinski definition) is 7. The lowest BCUT2D eigenvalue weighted by molar-refractivity contribution is -0.153. The van der Waals surface area contributed by atoms with Crippen molar-refractivity contribution in [3.63, 3.8) is 0 Å². The summed E-state index contributed by atoms with van der Waals surface area (Å²) in [6.45, 7) is 6.79. The monoisotopic (exact) mass is 468 g/mol. The van der Waals surface area contributed by atoms with Gasteiger partial charge in [-0.3, -0.25) is 4.79 Å². The Labute approximate surface area is 199 Å². The van der Waals surface area contributed by atoms with Crippen molar-refractivity contribution in [2.24, 2.45) is 0 Å². The Morgan fingerprint density at radius 3 is 2.24 bits per heavy atom. The Balaban J connectivity index is 1.50. The van der Waals surface area contributed by atoms with Gasteiger partial charge in [0, 0.05) is 30.2 Å². The van der Waals surface area contributed by atoms with Crippen molar-refractivity contribution in [2.75, 3.05) is 24.3 Å². The molecule has 0 bridgehead atoms. The van der Waals surface area contributed by atoms with Gasteiger partial charge in [0.25, 0.3) is 0 Å². The first-order chi connectivity index (χ1) is 15.8. The summed E-state index contributed by atoms with van der Waals surface area (Å²) in [5.74, 6) is 1.46. The third-order valence-electron chi connectivity index (χ3n) is 4.41. The first kappa shape index (κ1) is 24.5. The third kappa shape index (κ3) is 8.36. The van der Waals surface area contributed by atoms with Crippen LogP contribution < -0.4 is 15.4 Å². The highest BCUT2D eigenvalue weighted by molar-refractivity contribution is 6.18. The van der Waals surface area contributed by atoms with Crippen molar-refractivity contribution >= 4 is 29.2 Å². The number of benzene rings is 2. The summed E-state index contributed by atoms with van der Waals surface area (Å²) in [5, 5.41) is 6.28. The minimum atomic E-state index is -0.475. The zero-order valence-corrected chi connectivity index (χ0v) is 19.9. The van der Waals surface area contributed by atoms with Gasteiger partial charge in [-0.15, -0.1) is 11.6 Å². The second-order valence-corrected chi connectivity index (χ2v) is 8.75. The zero-order valence-electron chi connectivity index (χ0n) is 19.1. The molecule has 8 heteroatoms. The maximum Gasteiger partial charge on any atom is 0.320 e. The summed E-state index contributed by atoms with van der Waals surface area (Å²) in [6, 6.07) is 15.6. The van der Waals surface area contributed by atoms with E-state index in [1.165, 1.54) is 0 Å². The average molecular weight is 469 g/mol. The number of nitrogens with zero attached hydrogens (tertiary/aromatic N) is 2. The first-order valence-electron chi connectivity index (χ1n) is 10.7. The van der Waals surface area contributed by atoms with Crippen LogP contribution in [0.2, 0.25) is 0 Å². The normalized spacial score (nSPS) is 11.2. The quantitative estimate of drug-likeness (QED) is 0.322. The van der Waals surface area contributed by atoms with Crippen molar-refractivity contribution in [3.05, 3.63) is 66.5 Å². The molecule has 1 aromatic heterocycles. The van der Waals surface area contributed by atoms with E-state index in [1.54, 1.807) is 12.4 Å². The molecular weight excluding hydrogens is 440 g/mol. The van der Waals surface area contributed by atoms with Crippen LogP contribution in [0.3, 0.4) is 0 Å². The fraction of sp³-hybridized carbons (Fsp3) is 0.320. The number of rotatable bonds is 10. The molecule has 3 aromatic rings. The van der Waals surface area contributed by atoms with Crippen LogP contribution in [0.5, 0.6) is 5.75 Å². The van der Waals surface area contributed by atoms with Crippen LogP contribution in [-0.4, -0.2) is 40.6 Å². The number of alkyl halides is 1. The smallest absolute Gasteiger partial charge is 0.320 e. The molecule has 0 aliphatic rings. The SMILES string of the molecule is CC(C)(C)OC(=O)CNCc1ccc(-c2cnc(Nc3ccc(OCCCl)cc3)nc2)cc1. The van der Waals surface area contributed by atoms with Gasteiger partial charge in [0.15, 0.2) is 0 Å². The zero-order chi connectivity index (χ0) is 23.7. The minimum absolute atomic E-state index is 0.171. The Morgan fingerprint density at radius 2 is 1.64 bits per heavy atom. The van der Waals surface area contributed by atoms with Crippen LogP contribution in [0.4, 0.5) is 11.6 Å². The molecule has 3 rings (SSSR count). The Hall–Kier alpha value is -3.16. The number of carbonyl (C=O) groups is 1. The van der Waals surface area contributed by atoms with E-state index in [2.05, 4.69) is 20.6 Å². The molecule has 7 nitrogen and oxygen atoms in total. The number of ether oxygens (including phenoxy) is 2. The fourth-order valence-corrected chi connectivity index (χ4v) is 3.04. The van der Waals surface area contributed by atoms with E-state index in [4.69, 9.17) is 21.1 Å². The number of esters is 1. The predicted molar refractivity (Wildman–Crippen MR) is 131 cm³/mol. The van der Waals surface area contributed by atoms with E-state index < -0.39 is 5.60 Å². The molecule has 0 aliphatic heterocycles. The van der Waals surface area contributed by atoms with E-state index >= 15 is 0 Å². The van der Waals surface area contributed by atoms with Gasteiger partial charge in [-0.05, 0) is 56.2 Å². The molecule has 0 radical (unpaired) electrons. The summed E-state index contributed by atoms with van der Waals surface area (Å²) in [4.78, 5) is 20.6. The van der Waals surface area contributed by atoms with Gasteiger partial charge < -0.3 is 20.1 Å². The van der Waals surface area contributed by atoms with E-state index in [-0.39, 0.29) is 12.5 Å². The summed E-state index contributed by atoms with van der Waals surface area (Å²) >= 11 is 5.63. The van der Waals surface area contributed by atoms with E-state index in [0.29, 0.717) is 25.0 Å². The van der Waals surface area contributed by atoms with Crippen LogP contribution in [0.15, 0.2) is 60.9 Å². The second kappa shape index (κ2) is 11.6. The molecule has 0 unspecified atom stereocenters. The molecule has 174 valence electrons. The van der Waals surface area contributed by atoms with Crippen molar-refractivity contribution in [1.29, 1.82) is 0 Å². The van der Waals surface area contributed by atoms with Crippen molar-refractivity contribution in [3.8, 4) is 16.9 Å². The predicted octanol–water partition coefficient (Wildman–Crippen LogP) is 4.94.